The quantitative estimate of drug-likeness (QED) is 0.818. The van der Waals surface area contributed by atoms with Gasteiger partial charge in [-0.3, -0.25) is 9.69 Å². The van der Waals surface area contributed by atoms with E-state index >= 15 is 0 Å². The van der Waals surface area contributed by atoms with E-state index in [9.17, 15) is 4.79 Å². The topological polar surface area (TPSA) is 72.3 Å². The molecule has 1 amide bonds. The molecule has 1 aliphatic heterocycles. The van der Waals surface area contributed by atoms with Crippen LogP contribution < -0.4 is 5.32 Å². The van der Waals surface area contributed by atoms with Gasteiger partial charge >= 0.3 is 0 Å². The molecule has 2 atom stereocenters. The number of carbonyl (C=O) groups excluding carboxylic acids is 1. The molecule has 1 saturated heterocycles. The number of hydrogen-bond acceptors (Lipinski definition) is 5. The number of rotatable bonds is 6. The van der Waals surface area contributed by atoms with Gasteiger partial charge in [-0.2, -0.15) is 5.10 Å². The van der Waals surface area contributed by atoms with Crippen molar-refractivity contribution >= 4 is 5.91 Å². The van der Waals surface area contributed by atoms with E-state index in [4.69, 9.17) is 4.74 Å². The van der Waals surface area contributed by atoms with Gasteiger partial charge in [0, 0.05) is 26.2 Å². The maximum Gasteiger partial charge on any atom is 0.244 e. The normalized spacial score (nSPS) is 21.4. The second kappa shape index (κ2) is 7.51. The largest absolute Gasteiger partial charge is 0.374 e. The Morgan fingerprint density at radius 3 is 2.95 bits per heavy atom. The number of hydrogen-bond donors (Lipinski definition) is 1. The van der Waals surface area contributed by atoms with E-state index in [0.29, 0.717) is 12.5 Å². The maximum atomic E-state index is 12.1. The monoisotopic (exact) mass is 295 g/mol. The van der Waals surface area contributed by atoms with Gasteiger partial charge in [-0.05, 0) is 12.8 Å². The summed E-state index contributed by atoms with van der Waals surface area (Å²) in [4.78, 5) is 18.3. The van der Waals surface area contributed by atoms with E-state index in [-0.39, 0.29) is 18.1 Å². The number of nitrogens with one attached hydrogen (secondary N) is 1. The van der Waals surface area contributed by atoms with Crippen molar-refractivity contribution in [2.75, 3.05) is 32.8 Å². The molecule has 7 nitrogen and oxygen atoms in total. The molecule has 0 radical (unpaired) electrons. The molecule has 1 aromatic heterocycles. The zero-order valence-electron chi connectivity index (χ0n) is 13.0. The number of nitrogens with zero attached hydrogens (tertiary/aromatic N) is 4. The standard InChI is InChI=1S/C14H25N5O2/c1-11(2)7-18-4-5-21-13(8-18)6-16-14(20)12(3)19-10-15-9-17-19/h9-13H,4-8H2,1-3H3,(H,16,20)/t12-,13+/m0/s1. The molecular formula is C14H25N5O2. The average molecular weight is 295 g/mol. The van der Waals surface area contributed by atoms with Gasteiger partial charge < -0.3 is 10.1 Å². The summed E-state index contributed by atoms with van der Waals surface area (Å²) < 4.78 is 7.26. The van der Waals surface area contributed by atoms with Crippen molar-refractivity contribution in [3.63, 3.8) is 0 Å². The third-order valence-electron chi connectivity index (χ3n) is 3.56. The van der Waals surface area contributed by atoms with Gasteiger partial charge in [-0.1, -0.05) is 13.8 Å². The summed E-state index contributed by atoms with van der Waals surface area (Å²) >= 11 is 0. The molecule has 2 heterocycles. The van der Waals surface area contributed by atoms with Gasteiger partial charge in [0.2, 0.25) is 5.91 Å². The van der Waals surface area contributed by atoms with Crippen LogP contribution in [0, 0.1) is 5.92 Å². The van der Waals surface area contributed by atoms with Gasteiger partial charge in [-0.25, -0.2) is 9.67 Å². The van der Waals surface area contributed by atoms with Crippen LogP contribution in [0.4, 0.5) is 0 Å². The second-order valence-corrected chi connectivity index (χ2v) is 5.94. The smallest absolute Gasteiger partial charge is 0.244 e. The summed E-state index contributed by atoms with van der Waals surface area (Å²) in [5, 5.41) is 6.92. The minimum absolute atomic E-state index is 0.0596. The van der Waals surface area contributed by atoms with Gasteiger partial charge in [0.15, 0.2) is 0 Å². The number of ether oxygens (including phenoxy) is 1. The van der Waals surface area contributed by atoms with Gasteiger partial charge in [-0.15, -0.1) is 0 Å². The molecule has 0 saturated carbocycles. The highest BCUT2D eigenvalue weighted by molar-refractivity contribution is 5.79. The molecule has 1 fully saturated rings. The third kappa shape index (κ3) is 4.78. The zero-order chi connectivity index (χ0) is 15.2. The van der Waals surface area contributed by atoms with Crippen molar-refractivity contribution in [3.05, 3.63) is 12.7 Å². The molecule has 0 bridgehead atoms. The van der Waals surface area contributed by atoms with Crippen molar-refractivity contribution in [1.29, 1.82) is 0 Å². The first-order valence-electron chi connectivity index (χ1n) is 7.52. The van der Waals surface area contributed by atoms with E-state index < -0.39 is 0 Å². The SMILES string of the molecule is CC(C)CN1CCO[C@H](CNC(=O)[C@H](C)n2cncn2)C1. The molecule has 1 aliphatic rings. The molecule has 1 aromatic rings. The Bertz CT molecular complexity index is 435. The second-order valence-electron chi connectivity index (χ2n) is 5.94. The van der Waals surface area contributed by atoms with Crippen LogP contribution in [-0.4, -0.2) is 64.5 Å². The van der Waals surface area contributed by atoms with Crippen molar-refractivity contribution in [2.24, 2.45) is 5.92 Å². The van der Waals surface area contributed by atoms with Crippen molar-refractivity contribution in [1.82, 2.24) is 25.0 Å². The lowest BCUT2D eigenvalue weighted by Gasteiger charge is -2.34. The molecule has 7 heteroatoms. The first-order valence-corrected chi connectivity index (χ1v) is 7.52. The summed E-state index contributed by atoms with van der Waals surface area (Å²) in [6.07, 6.45) is 3.04. The van der Waals surface area contributed by atoms with Crippen molar-refractivity contribution in [2.45, 2.75) is 32.9 Å². The maximum absolute atomic E-state index is 12.1. The Kier molecular flexibility index (Phi) is 5.69. The van der Waals surface area contributed by atoms with Crippen LogP contribution in [0.2, 0.25) is 0 Å². The Labute approximate surface area is 125 Å². The van der Waals surface area contributed by atoms with Crippen LogP contribution in [0.25, 0.3) is 0 Å². The lowest BCUT2D eigenvalue weighted by atomic mass is 10.2. The van der Waals surface area contributed by atoms with Crippen LogP contribution in [0.1, 0.15) is 26.8 Å². The minimum Gasteiger partial charge on any atom is -0.374 e. The lowest BCUT2D eigenvalue weighted by molar-refractivity contribution is -0.125. The number of amides is 1. The molecule has 0 spiro atoms. The zero-order valence-corrected chi connectivity index (χ0v) is 13.0. The Balaban J connectivity index is 1.75. The molecule has 118 valence electrons. The van der Waals surface area contributed by atoms with Crippen LogP contribution in [0.3, 0.4) is 0 Å². The van der Waals surface area contributed by atoms with Crippen LogP contribution in [0.5, 0.6) is 0 Å². The molecule has 0 unspecified atom stereocenters. The minimum atomic E-state index is -0.358. The number of morpholine rings is 1. The highest BCUT2D eigenvalue weighted by Crippen LogP contribution is 2.08. The highest BCUT2D eigenvalue weighted by Gasteiger charge is 2.22. The van der Waals surface area contributed by atoms with Crippen LogP contribution in [0.15, 0.2) is 12.7 Å². The fraction of sp³-hybridized carbons (Fsp3) is 0.786. The first kappa shape index (κ1) is 15.9. The Hall–Kier alpha value is -1.47. The summed E-state index contributed by atoms with van der Waals surface area (Å²) in [5.41, 5.74) is 0. The molecule has 0 aliphatic carbocycles. The lowest BCUT2D eigenvalue weighted by Crippen LogP contribution is -2.49. The summed E-state index contributed by atoms with van der Waals surface area (Å²) in [5.74, 6) is 0.579. The van der Waals surface area contributed by atoms with Gasteiger partial charge in [0.1, 0.15) is 18.7 Å². The molecule has 1 N–H and O–H groups in total. The van der Waals surface area contributed by atoms with E-state index in [1.807, 2.05) is 0 Å². The van der Waals surface area contributed by atoms with Crippen molar-refractivity contribution in [3.8, 4) is 0 Å². The number of carbonyl (C=O) groups is 1. The van der Waals surface area contributed by atoms with E-state index in [0.717, 1.165) is 26.2 Å². The van der Waals surface area contributed by atoms with Gasteiger partial charge in [0.05, 0.1) is 12.7 Å². The van der Waals surface area contributed by atoms with E-state index in [2.05, 4.69) is 34.1 Å². The first-order chi connectivity index (χ1) is 10.1. The predicted octanol–water partition coefficient (Wildman–Crippen LogP) is 0.312. The van der Waals surface area contributed by atoms with E-state index in [1.54, 1.807) is 17.9 Å². The third-order valence-corrected chi connectivity index (χ3v) is 3.56. The molecule has 2 rings (SSSR count). The average Bonchev–Trinajstić information content (AvgIpc) is 2.97. The fourth-order valence-corrected chi connectivity index (χ4v) is 2.49. The Morgan fingerprint density at radius 1 is 1.48 bits per heavy atom. The summed E-state index contributed by atoms with van der Waals surface area (Å²) in [6, 6.07) is -0.358. The summed E-state index contributed by atoms with van der Waals surface area (Å²) in [7, 11) is 0. The summed E-state index contributed by atoms with van der Waals surface area (Å²) in [6.45, 7) is 10.4. The van der Waals surface area contributed by atoms with Crippen molar-refractivity contribution < 1.29 is 9.53 Å². The molecule has 21 heavy (non-hydrogen) atoms. The van der Waals surface area contributed by atoms with Crippen LogP contribution >= 0.6 is 0 Å². The molecular weight excluding hydrogens is 270 g/mol. The fourth-order valence-electron chi connectivity index (χ4n) is 2.49. The Morgan fingerprint density at radius 2 is 2.29 bits per heavy atom. The highest BCUT2D eigenvalue weighted by atomic mass is 16.5. The predicted molar refractivity (Wildman–Crippen MR) is 78.8 cm³/mol. The van der Waals surface area contributed by atoms with Crippen LogP contribution in [-0.2, 0) is 9.53 Å². The molecule has 0 aromatic carbocycles. The van der Waals surface area contributed by atoms with Gasteiger partial charge in [0.25, 0.3) is 0 Å². The van der Waals surface area contributed by atoms with E-state index in [1.165, 1.54) is 6.33 Å². The number of aromatic nitrogens is 3.